The van der Waals surface area contributed by atoms with E-state index >= 15 is 0 Å². The van der Waals surface area contributed by atoms with Gasteiger partial charge < -0.3 is 5.32 Å². The molecule has 37 heavy (non-hydrogen) atoms. The minimum Gasteiger partial charge on any atom is -0.370 e. The van der Waals surface area contributed by atoms with Crippen molar-refractivity contribution in [2.24, 2.45) is 0 Å². The van der Waals surface area contributed by atoms with Gasteiger partial charge in [-0.25, -0.2) is 18.1 Å². The van der Waals surface area contributed by atoms with Crippen LogP contribution in [0.1, 0.15) is 45.6 Å². The molecule has 2 heterocycles. The lowest BCUT2D eigenvalue weighted by atomic mass is 9.82. The van der Waals surface area contributed by atoms with Crippen LogP contribution in [0.2, 0.25) is 5.02 Å². The summed E-state index contributed by atoms with van der Waals surface area (Å²) < 4.78 is 29.8. The van der Waals surface area contributed by atoms with Gasteiger partial charge in [-0.05, 0) is 53.9 Å². The van der Waals surface area contributed by atoms with Gasteiger partial charge in [-0.3, -0.25) is 0 Å². The van der Waals surface area contributed by atoms with Crippen LogP contribution in [0.4, 0.5) is 5.82 Å². The van der Waals surface area contributed by atoms with E-state index in [9.17, 15) is 8.42 Å². The maximum atomic E-state index is 12.7. The number of rotatable bonds is 11. The number of nitrogens with one attached hydrogen (secondary N) is 2. The van der Waals surface area contributed by atoms with Crippen LogP contribution in [0.25, 0.3) is 16.9 Å². The van der Waals surface area contributed by atoms with Gasteiger partial charge in [0.15, 0.2) is 5.65 Å². The third kappa shape index (κ3) is 6.17. The number of unbranched alkanes of at least 4 members (excludes halogenated alkanes) is 1. The summed E-state index contributed by atoms with van der Waals surface area (Å²) in [5.74, 6) is 0.729. The van der Waals surface area contributed by atoms with Crippen molar-refractivity contribution in [2.45, 2.75) is 50.3 Å². The minimum absolute atomic E-state index is 0.0130. The van der Waals surface area contributed by atoms with Crippen molar-refractivity contribution in [3.63, 3.8) is 0 Å². The highest BCUT2D eigenvalue weighted by Gasteiger charge is 2.20. The molecule has 0 unspecified atom stereocenters. The van der Waals surface area contributed by atoms with Crippen LogP contribution in [0.3, 0.4) is 0 Å². The standard InChI is InChI=1S/C27H31BClN5O2S/c1-4-27(2,3)19-11-13-20(14-12-19)37(35,36)32-16-8-7-15-30-25-17-24(21-9-5-6-10-23(21)29)33-26-22(28)18-31-34(25)26/h5-6,9-14,17-18,30,32H,4,7-8,15-16H2,1-3H3. The van der Waals surface area contributed by atoms with Crippen LogP contribution in [0.15, 0.2) is 65.7 Å². The number of sulfonamides is 1. The first-order valence-electron chi connectivity index (χ1n) is 12.4. The maximum absolute atomic E-state index is 12.7. The molecule has 192 valence electrons. The Kier molecular flexibility index (Phi) is 8.26. The summed E-state index contributed by atoms with van der Waals surface area (Å²) in [5.41, 5.74) is 3.64. The molecule has 7 nitrogen and oxygen atoms in total. The monoisotopic (exact) mass is 535 g/mol. The normalized spacial score (nSPS) is 12.2. The molecule has 2 radical (unpaired) electrons. The van der Waals surface area contributed by atoms with Crippen molar-refractivity contribution in [1.82, 2.24) is 19.3 Å². The van der Waals surface area contributed by atoms with Gasteiger partial charge in [0.2, 0.25) is 10.0 Å². The zero-order valence-corrected chi connectivity index (χ0v) is 22.9. The number of hydrogen-bond acceptors (Lipinski definition) is 5. The number of aromatic nitrogens is 3. The van der Waals surface area contributed by atoms with Gasteiger partial charge in [-0.2, -0.15) is 9.61 Å². The molecule has 0 aliphatic heterocycles. The minimum atomic E-state index is -3.55. The lowest BCUT2D eigenvalue weighted by Gasteiger charge is -2.23. The molecule has 0 aliphatic rings. The molecule has 2 aromatic heterocycles. The molecule has 0 bridgehead atoms. The zero-order chi connectivity index (χ0) is 26.6. The molecule has 0 fully saturated rings. The predicted octanol–water partition coefficient (Wildman–Crippen LogP) is 4.70. The Labute approximate surface area is 225 Å². The van der Waals surface area contributed by atoms with Crippen LogP contribution in [-0.2, 0) is 15.4 Å². The van der Waals surface area contributed by atoms with Crippen LogP contribution in [0.5, 0.6) is 0 Å². The first-order chi connectivity index (χ1) is 17.6. The highest BCUT2D eigenvalue weighted by Crippen LogP contribution is 2.29. The average molecular weight is 536 g/mol. The van der Waals surface area contributed by atoms with Crippen molar-refractivity contribution in [2.75, 3.05) is 18.4 Å². The summed E-state index contributed by atoms with van der Waals surface area (Å²) >= 11 is 6.38. The second-order valence-electron chi connectivity index (χ2n) is 9.64. The fraction of sp³-hybridized carbons (Fsp3) is 0.333. The second kappa shape index (κ2) is 11.2. The van der Waals surface area contributed by atoms with Gasteiger partial charge in [-0.15, -0.1) is 0 Å². The lowest BCUT2D eigenvalue weighted by molar-refractivity contribution is 0.505. The Hall–Kier alpha value is -2.88. The van der Waals surface area contributed by atoms with Crippen LogP contribution >= 0.6 is 11.6 Å². The molecule has 4 rings (SSSR count). The van der Waals surface area contributed by atoms with Crippen LogP contribution < -0.4 is 15.5 Å². The molecule has 2 N–H and O–H groups in total. The summed E-state index contributed by atoms with van der Waals surface area (Å²) in [4.78, 5) is 4.92. The molecule has 0 saturated carbocycles. The lowest BCUT2D eigenvalue weighted by Crippen LogP contribution is -2.25. The van der Waals surface area contributed by atoms with E-state index in [4.69, 9.17) is 19.4 Å². The van der Waals surface area contributed by atoms with Crippen molar-refractivity contribution in [1.29, 1.82) is 0 Å². The molecular weight excluding hydrogens is 505 g/mol. The van der Waals surface area contributed by atoms with Crippen LogP contribution in [0, 0.1) is 0 Å². The maximum Gasteiger partial charge on any atom is 0.240 e. The van der Waals surface area contributed by atoms with Crippen LogP contribution in [-0.4, -0.2) is 44.0 Å². The van der Waals surface area contributed by atoms with Crippen molar-refractivity contribution in [3.8, 4) is 11.3 Å². The van der Waals surface area contributed by atoms with Crippen molar-refractivity contribution < 1.29 is 8.42 Å². The first kappa shape index (κ1) is 27.2. The molecule has 0 aliphatic carbocycles. The molecule has 2 aromatic carbocycles. The Morgan fingerprint density at radius 1 is 1.05 bits per heavy atom. The number of nitrogens with zero attached hydrogens (tertiary/aromatic N) is 3. The Morgan fingerprint density at radius 2 is 1.76 bits per heavy atom. The van der Waals surface area contributed by atoms with E-state index in [-0.39, 0.29) is 10.3 Å². The summed E-state index contributed by atoms with van der Waals surface area (Å²) in [7, 11) is 2.52. The van der Waals surface area contributed by atoms with E-state index in [1.165, 1.54) is 0 Å². The fourth-order valence-corrected chi connectivity index (χ4v) is 5.27. The number of fused-ring (bicyclic) bond motifs is 1. The quantitative estimate of drug-likeness (QED) is 0.215. The van der Waals surface area contributed by atoms with E-state index in [1.54, 1.807) is 22.8 Å². The summed E-state index contributed by atoms with van der Waals surface area (Å²) in [6.45, 7) is 7.39. The van der Waals surface area contributed by atoms with Gasteiger partial charge in [-0.1, -0.05) is 62.7 Å². The van der Waals surface area contributed by atoms with Gasteiger partial charge in [0.25, 0.3) is 0 Å². The largest absolute Gasteiger partial charge is 0.370 e. The Balaban J connectivity index is 1.35. The highest BCUT2D eigenvalue weighted by atomic mass is 35.5. The third-order valence-corrected chi connectivity index (χ3v) is 8.49. The van der Waals surface area contributed by atoms with Gasteiger partial charge in [0.05, 0.1) is 10.6 Å². The van der Waals surface area contributed by atoms with E-state index in [2.05, 4.69) is 40.9 Å². The topological polar surface area (TPSA) is 88.4 Å². The average Bonchev–Trinajstić information content (AvgIpc) is 3.27. The number of hydrogen-bond donors (Lipinski definition) is 2. The molecular formula is C27H31BClN5O2S. The van der Waals surface area contributed by atoms with E-state index in [0.717, 1.165) is 29.8 Å². The van der Waals surface area contributed by atoms with Crippen molar-refractivity contribution in [3.05, 3.63) is 71.4 Å². The zero-order valence-electron chi connectivity index (χ0n) is 21.3. The first-order valence-corrected chi connectivity index (χ1v) is 14.2. The number of benzene rings is 2. The van der Waals surface area contributed by atoms with Gasteiger partial charge in [0, 0.05) is 35.9 Å². The summed E-state index contributed by atoms with van der Waals surface area (Å²) in [6, 6.07) is 16.5. The Bertz CT molecular complexity index is 1490. The van der Waals surface area contributed by atoms with Gasteiger partial charge in [0.1, 0.15) is 13.7 Å². The second-order valence-corrected chi connectivity index (χ2v) is 11.8. The number of halogens is 1. The number of anilines is 1. The Morgan fingerprint density at radius 3 is 2.46 bits per heavy atom. The summed E-state index contributed by atoms with van der Waals surface area (Å²) in [5, 5.41) is 8.29. The van der Waals surface area contributed by atoms with E-state index in [0.29, 0.717) is 41.3 Å². The molecule has 4 aromatic rings. The van der Waals surface area contributed by atoms with Gasteiger partial charge >= 0.3 is 0 Å². The van der Waals surface area contributed by atoms with E-state index < -0.39 is 10.0 Å². The highest BCUT2D eigenvalue weighted by molar-refractivity contribution is 7.89. The van der Waals surface area contributed by atoms with E-state index in [1.807, 2.05) is 42.5 Å². The fourth-order valence-electron chi connectivity index (χ4n) is 3.96. The predicted molar refractivity (Wildman–Crippen MR) is 151 cm³/mol. The molecule has 0 spiro atoms. The summed E-state index contributed by atoms with van der Waals surface area (Å²) in [6.07, 6.45) is 3.95. The van der Waals surface area contributed by atoms with Crippen molar-refractivity contribution >= 4 is 46.4 Å². The molecule has 0 saturated heterocycles. The molecule has 0 amide bonds. The SMILES string of the molecule is [B]c1cnn2c(NCCCCNS(=O)(=O)c3ccc(C(C)(C)CC)cc3)cc(-c3ccccc3Cl)nc12. The smallest absolute Gasteiger partial charge is 0.240 e. The third-order valence-electron chi connectivity index (χ3n) is 6.68. The molecule has 0 atom stereocenters. The molecule has 10 heteroatoms.